The van der Waals surface area contributed by atoms with E-state index in [2.05, 4.69) is 0 Å². The lowest BCUT2D eigenvalue weighted by molar-refractivity contribution is 0.0350. The molecule has 0 spiro atoms. The Morgan fingerprint density at radius 2 is 1.85 bits per heavy atom. The number of rotatable bonds is 6. The van der Waals surface area contributed by atoms with Gasteiger partial charge in [0.1, 0.15) is 12.4 Å². The van der Waals surface area contributed by atoms with E-state index in [0.717, 1.165) is 18.4 Å². The molecule has 1 aliphatic rings. The molecule has 142 valence electrons. The molecule has 0 radical (unpaired) electrons. The minimum atomic E-state index is -0.533. The van der Waals surface area contributed by atoms with Gasteiger partial charge in [0.05, 0.1) is 11.7 Å². The van der Waals surface area contributed by atoms with Crippen molar-refractivity contribution < 1.29 is 19.1 Å². The molecule has 1 saturated heterocycles. The van der Waals surface area contributed by atoms with Crippen molar-refractivity contribution in [1.29, 1.82) is 0 Å². The van der Waals surface area contributed by atoms with Gasteiger partial charge in [0.2, 0.25) is 0 Å². The van der Waals surface area contributed by atoms with Gasteiger partial charge in [-0.05, 0) is 42.7 Å². The Morgan fingerprint density at radius 3 is 2.56 bits per heavy atom. The van der Waals surface area contributed by atoms with Crippen molar-refractivity contribution in [3.05, 3.63) is 65.2 Å². The van der Waals surface area contributed by atoms with Crippen LogP contribution in [0.15, 0.2) is 48.5 Å². The number of carbonyl (C=O) groups excluding carboxylic acids is 2. The highest BCUT2D eigenvalue weighted by atomic mass is 16.5. The first-order valence-electron chi connectivity index (χ1n) is 9.01. The Hall–Kier alpha value is -2.86. The van der Waals surface area contributed by atoms with Crippen LogP contribution in [0.5, 0.6) is 5.75 Å². The summed E-state index contributed by atoms with van der Waals surface area (Å²) in [4.78, 5) is 26.1. The van der Waals surface area contributed by atoms with Crippen LogP contribution in [-0.2, 0) is 11.3 Å². The van der Waals surface area contributed by atoms with Gasteiger partial charge < -0.3 is 20.1 Å². The topological polar surface area (TPSA) is 81.9 Å². The lowest BCUT2D eigenvalue weighted by Crippen LogP contribution is -2.40. The summed E-state index contributed by atoms with van der Waals surface area (Å²) in [6.07, 6.45) is 1.95. The third-order valence-corrected chi connectivity index (χ3v) is 4.78. The fourth-order valence-electron chi connectivity index (χ4n) is 3.23. The third-order valence-electron chi connectivity index (χ3n) is 4.78. The molecule has 2 aromatic rings. The van der Waals surface area contributed by atoms with Gasteiger partial charge in [-0.1, -0.05) is 24.3 Å². The number of primary amides is 1. The maximum Gasteiger partial charge on any atom is 0.253 e. The minimum absolute atomic E-state index is 0.0175. The van der Waals surface area contributed by atoms with E-state index < -0.39 is 5.91 Å². The number of piperidine rings is 1. The van der Waals surface area contributed by atoms with E-state index in [1.807, 2.05) is 29.2 Å². The fraction of sp³-hybridized carbons (Fsp3) is 0.333. The Morgan fingerprint density at radius 1 is 1.11 bits per heavy atom. The van der Waals surface area contributed by atoms with Crippen molar-refractivity contribution in [2.75, 3.05) is 20.2 Å². The van der Waals surface area contributed by atoms with E-state index in [4.69, 9.17) is 15.2 Å². The fourth-order valence-corrected chi connectivity index (χ4v) is 3.23. The monoisotopic (exact) mass is 368 g/mol. The molecule has 6 nitrogen and oxygen atoms in total. The van der Waals surface area contributed by atoms with Crippen LogP contribution in [0, 0.1) is 0 Å². The zero-order chi connectivity index (χ0) is 19.2. The average Bonchev–Trinajstić information content (AvgIpc) is 2.72. The molecule has 1 heterocycles. The molecule has 2 amide bonds. The first-order chi connectivity index (χ1) is 13.1. The molecule has 0 saturated carbocycles. The summed E-state index contributed by atoms with van der Waals surface area (Å²) in [5, 5.41) is 0. The predicted octanol–water partition coefficient (Wildman–Crippen LogP) is 2.62. The molecule has 0 bridgehead atoms. The number of likely N-dealkylation sites (tertiary alicyclic amines) is 1. The van der Waals surface area contributed by atoms with E-state index >= 15 is 0 Å². The molecule has 0 unspecified atom stereocenters. The van der Waals surface area contributed by atoms with Crippen LogP contribution in [0.25, 0.3) is 0 Å². The molecule has 27 heavy (non-hydrogen) atoms. The number of methoxy groups -OCH3 is 1. The number of hydrogen-bond acceptors (Lipinski definition) is 4. The maximum absolute atomic E-state index is 12.7. The summed E-state index contributed by atoms with van der Waals surface area (Å²) in [7, 11) is 1.71. The van der Waals surface area contributed by atoms with Crippen LogP contribution in [0.3, 0.4) is 0 Å². The molecule has 3 rings (SSSR count). The van der Waals surface area contributed by atoms with Crippen molar-refractivity contribution in [2.24, 2.45) is 5.73 Å². The van der Waals surface area contributed by atoms with Crippen LogP contribution in [0.2, 0.25) is 0 Å². The van der Waals surface area contributed by atoms with Crippen molar-refractivity contribution in [2.45, 2.75) is 25.6 Å². The van der Waals surface area contributed by atoms with E-state index in [9.17, 15) is 9.59 Å². The molecule has 6 heteroatoms. The SMILES string of the molecule is COC1CCN(C(=O)c2cccc(COc3ccccc3C(N)=O)c2)CC1. The van der Waals surface area contributed by atoms with Crippen molar-refractivity contribution in [3.63, 3.8) is 0 Å². The largest absolute Gasteiger partial charge is 0.488 e. The van der Waals surface area contributed by atoms with Gasteiger partial charge in [-0.2, -0.15) is 0 Å². The highest BCUT2D eigenvalue weighted by Crippen LogP contribution is 2.20. The first-order valence-corrected chi connectivity index (χ1v) is 9.01. The van der Waals surface area contributed by atoms with Gasteiger partial charge in [0, 0.05) is 25.8 Å². The normalized spacial score (nSPS) is 14.8. The van der Waals surface area contributed by atoms with E-state index in [-0.39, 0.29) is 18.6 Å². The number of nitrogens with zero attached hydrogens (tertiary/aromatic N) is 1. The Balaban J connectivity index is 1.66. The Labute approximate surface area is 158 Å². The van der Waals surface area contributed by atoms with Crippen molar-refractivity contribution in [1.82, 2.24) is 4.90 Å². The summed E-state index contributed by atoms with van der Waals surface area (Å²) < 4.78 is 11.1. The number of hydrogen-bond donors (Lipinski definition) is 1. The van der Waals surface area contributed by atoms with Gasteiger partial charge in [-0.3, -0.25) is 9.59 Å². The van der Waals surface area contributed by atoms with Crippen LogP contribution in [0.4, 0.5) is 0 Å². The number of carbonyl (C=O) groups is 2. The standard InChI is InChI=1S/C21H24N2O4/c1-26-17-9-11-23(12-10-17)21(25)16-6-4-5-15(13-16)14-27-19-8-3-2-7-18(19)20(22)24/h2-8,13,17H,9-12,14H2,1H3,(H2,22,24). The number of ether oxygens (including phenoxy) is 2. The second kappa shape index (κ2) is 8.68. The average molecular weight is 368 g/mol. The number of amides is 2. The number of benzene rings is 2. The van der Waals surface area contributed by atoms with Gasteiger partial charge in [0.15, 0.2) is 0 Å². The molecule has 1 fully saturated rings. The Kier molecular flexibility index (Phi) is 6.08. The molecule has 0 aliphatic carbocycles. The molecular formula is C21H24N2O4. The summed E-state index contributed by atoms with van der Waals surface area (Å²) in [5.74, 6) is -0.0821. The minimum Gasteiger partial charge on any atom is -0.488 e. The molecule has 1 aliphatic heterocycles. The van der Waals surface area contributed by atoms with Crippen LogP contribution >= 0.6 is 0 Å². The highest BCUT2D eigenvalue weighted by Gasteiger charge is 2.23. The number of nitrogens with two attached hydrogens (primary N) is 1. The molecule has 0 atom stereocenters. The molecule has 2 N–H and O–H groups in total. The van der Waals surface area contributed by atoms with Crippen molar-refractivity contribution in [3.8, 4) is 5.75 Å². The second-order valence-corrected chi connectivity index (χ2v) is 6.58. The smallest absolute Gasteiger partial charge is 0.253 e. The van der Waals surface area contributed by atoms with E-state index in [1.54, 1.807) is 31.4 Å². The summed E-state index contributed by atoms with van der Waals surface area (Å²) in [6.45, 7) is 1.64. The third kappa shape index (κ3) is 4.65. The summed E-state index contributed by atoms with van der Waals surface area (Å²) in [5.41, 5.74) is 7.20. The van der Waals surface area contributed by atoms with Gasteiger partial charge in [-0.15, -0.1) is 0 Å². The lowest BCUT2D eigenvalue weighted by Gasteiger charge is -2.31. The van der Waals surface area contributed by atoms with Crippen molar-refractivity contribution >= 4 is 11.8 Å². The first kappa shape index (κ1) is 18.9. The van der Waals surface area contributed by atoms with Crippen LogP contribution < -0.4 is 10.5 Å². The number of para-hydroxylation sites is 1. The van der Waals surface area contributed by atoms with Crippen LogP contribution in [0.1, 0.15) is 39.1 Å². The summed E-state index contributed by atoms with van der Waals surface area (Å²) >= 11 is 0. The lowest BCUT2D eigenvalue weighted by atomic mass is 10.1. The molecular weight excluding hydrogens is 344 g/mol. The quantitative estimate of drug-likeness (QED) is 0.850. The summed E-state index contributed by atoms with van der Waals surface area (Å²) in [6, 6.07) is 14.2. The second-order valence-electron chi connectivity index (χ2n) is 6.58. The van der Waals surface area contributed by atoms with Gasteiger partial charge in [-0.25, -0.2) is 0 Å². The molecule has 0 aromatic heterocycles. The zero-order valence-electron chi connectivity index (χ0n) is 15.4. The maximum atomic E-state index is 12.7. The van der Waals surface area contributed by atoms with Crippen LogP contribution in [-0.4, -0.2) is 43.0 Å². The highest BCUT2D eigenvalue weighted by molar-refractivity contribution is 5.95. The zero-order valence-corrected chi connectivity index (χ0v) is 15.4. The van der Waals surface area contributed by atoms with E-state index in [1.165, 1.54) is 0 Å². The van der Waals surface area contributed by atoms with Gasteiger partial charge >= 0.3 is 0 Å². The predicted molar refractivity (Wildman–Crippen MR) is 102 cm³/mol. The Bertz CT molecular complexity index is 813. The van der Waals surface area contributed by atoms with E-state index in [0.29, 0.717) is 30.0 Å². The van der Waals surface area contributed by atoms with Gasteiger partial charge in [0.25, 0.3) is 11.8 Å². The molecule has 2 aromatic carbocycles.